The second kappa shape index (κ2) is 3.21. The van der Waals surface area contributed by atoms with Crippen molar-refractivity contribution in [1.82, 2.24) is 0 Å². The van der Waals surface area contributed by atoms with E-state index in [0.717, 1.165) is 0 Å². The summed E-state index contributed by atoms with van der Waals surface area (Å²) in [6, 6.07) is 3.82. The van der Waals surface area contributed by atoms with Gasteiger partial charge in [-0.1, -0.05) is 0 Å². The van der Waals surface area contributed by atoms with Crippen LogP contribution < -0.4 is 0 Å². The first-order valence-electron chi connectivity index (χ1n) is 4.15. The number of hydrogen-bond donors (Lipinski definition) is 0. The number of aldehydes is 1. The highest BCUT2D eigenvalue weighted by Gasteiger charge is 2.25. The number of fused-ring (bicyclic) bond motifs is 1. The summed E-state index contributed by atoms with van der Waals surface area (Å²) in [6.45, 7) is 0. The van der Waals surface area contributed by atoms with E-state index in [1.165, 1.54) is 18.2 Å². The van der Waals surface area contributed by atoms with Crippen molar-refractivity contribution in [3.05, 3.63) is 35.1 Å². The van der Waals surface area contributed by atoms with Crippen molar-refractivity contribution in [2.75, 3.05) is 0 Å². The van der Waals surface area contributed by atoms with E-state index < -0.39 is 17.9 Å². The lowest BCUT2D eigenvalue weighted by atomic mass is 9.99. The van der Waals surface area contributed by atoms with Gasteiger partial charge in [0.15, 0.2) is 12.4 Å². The van der Waals surface area contributed by atoms with Gasteiger partial charge in [-0.15, -0.1) is 0 Å². The second-order valence-electron chi connectivity index (χ2n) is 3.09. The minimum atomic E-state index is -0.781. The predicted octanol–water partition coefficient (Wildman–Crippen LogP) is 1.11. The van der Waals surface area contributed by atoms with Gasteiger partial charge in [-0.2, -0.15) is 0 Å². The van der Waals surface area contributed by atoms with Crippen LogP contribution in [0.2, 0.25) is 0 Å². The van der Waals surface area contributed by atoms with Crippen LogP contribution in [0.3, 0.4) is 0 Å². The summed E-state index contributed by atoms with van der Waals surface area (Å²) in [6.07, 6.45) is 0.0189. The summed E-state index contributed by atoms with van der Waals surface area (Å²) < 4.78 is 17.6. The molecule has 0 radical (unpaired) electrons. The molecule has 1 aromatic carbocycles. The number of carbonyl (C=O) groups is 2. The standard InChI is InChI=1S/C10H7FO3/c11-7-1-2-9-6(3-7)4-8(5-12)14-10(9)13/h1-3,5,8H,4H2. The molecular formula is C10H7FO3. The van der Waals surface area contributed by atoms with E-state index in [2.05, 4.69) is 0 Å². The van der Waals surface area contributed by atoms with Crippen LogP contribution in [0.5, 0.6) is 0 Å². The van der Waals surface area contributed by atoms with Gasteiger partial charge in [0.1, 0.15) is 5.82 Å². The summed E-state index contributed by atoms with van der Waals surface area (Å²) in [4.78, 5) is 21.7. The zero-order valence-corrected chi connectivity index (χ0v) is 7.20. The molecule has 1 unspecified atom stereocenters. The van der Waals surface area contributed by atoms with Gasteiger partial charge in [-0.05, 0) is 23.8 Å². The van der Waals surface area contributed by atoms with Crippen LogP contribution in [0.25, 0.3) is 0 Å². The molecular weight excluding hydrogens is 187 g/mol. The number of halogens is 1. The minimum absolute atomic E-state index is 0.252. The summed E-state index contributed by atoms with van der Waals surface area (Å²) >= 11 is 0. The molecule has 1 heterocycles. The van der Waals surface area contributed by atoms with Crippen LogP contribution in [0.1, 0.15) is 15.9 Å². The highest BCUT2D eigenvalue weighted by atomic mass is 19.1. The average molecular weight is 194 g/mol. The summed E-state index contributed by atoms with van der Waals surface area (Å²) in [5.41, 5.74) is 0.864. The van der Waals surface area contributed by atoms with E-state index in [1.54, 1.807) is 0 Å². The topological polar surface area (TPSA) is 43.4 Å². The van der Waals surface area contributed by atoms with Crippen LogP contribution >= 0.6 is 0 Å². The molecule has 0 fully saturated rings. The highest BCUT2D eigenvalue weighted by molar-refractivity contribution is 5.93. The Hall–Kier alpha value is -1.71. The Kier molecular flexibility index (Phi) is 2.04. The maximum absolute atomic E-state index is 12.8. The smallest absolute Gasteiger partial charge is 0.339 e. The van der Waals surface area contributed by atoms with E-state index in [1.807, 2.05) is 0 Å². The SMILES string of the molecule is O=CC1Cc2cc(F)ccc2C(=O)O1. The molecule has 14 heavy (non-hydrogen) atoms. The van der Waals surface area contributed by atoms with Crippen molar-refractivity contribution >= 4 is 12.3 Å². The fraction of sp³-hybridized carbons (Fsp3) is 0.200. The van der Waals surface area contributed by atoms with Gasteiger partial charge in [-0.25, -0.2) is 9.18 Å². The molecule has 0 aromatic heterocycles. The predicted molar refractivity (Wildman–Crippen MR) is 45.4 cm³/mol. The van der Waals surface area contributed by atoms with Gasteiger partial charge in [-0.3, -0.25) is 4.79 Å². The summed E-state index contributed by atoms with van der Waals surface area (Å²) in [5.74, 6) is -0.980. The molecule has 0 N–H and O–H groups in total. The molecule has 72 valence electrons. The van der Waals surface area contributed by atoms with Gasteiger partial charge in [0.05, 0.1) is 5.56 Å². The molecule has 1 atom stereocenters. The van der Waals surface area contributed by atoms with Crippen molar-refractivity contribution in [3.8, 4) is 0 Å². The fourth-order valence-corrected chi connectivity index (χ4v) is 1.47. The number of ether oxygens (including phenoxy) is 1. The second-order valence-corrected chi connectivity index (χ2v) is 3.09. The van der Waals surface area contributed by atoms with Crippen molar-refractivity contribution in [2.45, 2.75) is 12.5 Å². The van der Waals surface area contributed by atoms with E-state index in [4.69, 9.17) is 4.74 Å². The Balaban J connectivity index is 2.45. The quantitative estimate of drug-likeness (QED) is 0.496. The zero-order chi connectivity index (χ0) is 10.1. The van der Waals surface area contributed by atoms with Gasteiger partial charge in [0.25, 0.3) is 0 Å². The first-order chi connectivity index (χ1) is 6.70. The van der Waals surface area contributed by atoms with Crippen molar-refractivity contribution in [3.63, 3.8) is 0 Å². The van der Waals surface area contributed by atoms with Crippen molar-refractivity contribution in [1.29, 1.82) is 0 Å². The number of rotatable bonds is 1. The van der Waals surface area contributed by atoms with E-state index >= 15 is 0 Å². The summed E-state index contributed by atoms with van der Waals surface area (Å²) in [7, 11) is 0. The molecule has 2 rings (SSSR count). The van der Waals surface area contributed by atoms with Gasteiger partial charge >= 0.3 is 5.97 Å². The number of hydrogen-bond acceptors (Lipinski definition) is 3. The molecule has 1 aliphatic heterocycles. The third kappa shape index (κ3) is 1.39. The van der Waals surface area contributed by atoms with Gasteiger partial charge in [0.2, 0.25) is 0 Å². The third-order valence-corrected chi connectivity index (χ3v) is 2.12. The van der Waals surface area contributed by atoms with E-state index in [0.29, 0.717) is 17.4 Å². The van der Waals surface area contributed by atoms with Crippen LogP contribution in [0, 0.1) is 5.82 Å². The molecule has 0 aliphatic carbocycles. The molecule has 0 saturated carbocycles. The number of benzene rings is 1. The number of esters is 1. The van der Waals surface area contributed by atoms with E-state index in [-0.39, 0.29) is 6.42 Å². The first kappa shape index (κ1) is 8.87. The van der Waals surface area contributed by atoms with Crippen LogP contribution in [0.15, 0.2) is 18.2 Å². The molecule has 0 amide bonds. The monoisotopic (exact) mass is 194 g/mol. The Morgan fingerprint density at radius 1 is 1.50 bits per heavy atom. The van der Waals surface area contributed by atoms with Gasteiger partial charge < -0.3 is 4.74 Å². The Labute approximate surface area is 79.5 Å². The average Bonchev–Trinajstić information content (AvgIpc) is 2.16. The van der Waals surface area contributed by atoms with Gasteiger partial charge in [0, 0.05) is 6.42 Å². The lowest BCUT2D eigenvalue weighted by Gasteiger charge is -2.20. The number of carbonyl (C=O) groups excluding carboxylic acids is 2. The van der Waals surface area contributed by atoms with Crippen LogP contribution in [-0.4, -0.2) is 18.4 Å². The summed E-state index contributed by atoms with van der Waals surface area (Å²) in [5, 5.41) is 0. The Bertz CT molecular complexity index is 400. The molecule has 1 aliphatic rings. The molecule has 0 saturated heterocycles. The zero-order valence-electron chi connectivity index (χ0n) is 7.20. The molecule has 3 nitrogen and oxygen atoms in total. The van der Waals surface area contributed by atoms with E-state index in [9.17, 15) is 14.0 Å². The molecule has 4 heteroatoms. The van der Waals surface area contributed by atoms with Crippen molar-refractivity contribution in [2.24, 2.45) is 0 Å². The highest BCUT2D eigenvalue weighted by Crippen LogP contribution is 2.20. The fourth-order valence-electron chi connectivity index (χ4n) is 1.47. The normalized spacial score (nSPS) is 19.8. The lowest BCUT2D eigenvalue weighted by Crippen LogP contribution is -2.28. The molecule has 0 spiro atoms. The van der Waals surface area contributed by atoms with Crippen LogP contribution in [0.4, 0.5) is 4.39 Å². The maximum Gasteiger partial charge on any atom is 0.339 e. The molecule has 1 aromatic rings. The number of cyclic esters (lactones) is 1. The van der Waals surface area contributed by atoms with Crippen molar-refractivity contribution < 1.29 is 18.7 Å². The van der Waals surface area contributed by atoms with Crippen LogP contribution in [-0.2, 0) is 16.0 Å². The Morgan fingerprint density at radius 3 is 3.00 bits per heavy atom. The Morgan fingerprint density at radius 2 is 2.29 bits per heavy atom. The minimum Gasteiger partial charge on any atom is -0.451 e. The lowest BCUT2D eigenvalue weighted by molar-refractivity contribution is -0.115. The largest absolute Gasteiger partial charge is 0.451 e. The third-order valence-electron chi connectivity index (χ3n) is 2.12. The molecule has 0 bridgehead atoms. The first-order valence-corrected chi connectivity index (χ1v) is 4.15. The maximum atomic E-state index is 12.8.